The first-order chi connectivity index (χ1) is 7.86. The van der Waals surface area contributed by atoms with Gasteiger partial charge in [0, 0.05) is 23.3 Å². The summed E-state index contributed by atoms with van der Waals surface area (Å²) in [7, 11) is 0. The number of rotatable bonds is 1. The zero-order chi connectivity index (χ0) is 11.0. The number of aromatic nitrogens is 2. The predicted octanol–water partition coefficient (Wildman–Crippen LogP) is 3.88. The maximum Gasteiger partial charge on any atom is 0.0738 e. The Balaban J connectivity index is 2.38. The Morgan fingerprint density at radius 3 is 2.81 bits per heavy atom. The molecular weight excluding hydrogens is 220 g/mol. The van der Waals surface area contributed by atoms with Gasteiger partial charge in [0.15, 0.2) is 0 Å². The van der Waals surface area contributed by atoms with E-state index in [4.69, 9.17) is 11.6 Å². The van der Waals surface area contributed by atoms with Gasteiger partial charge in [-0.1, -0.05) is 23.7 Å². The molecule has 0 fully saturated rings. The van der Waals surface area contributed by atoms with Gasteiger partial charge in [-0.25, -0.2) is 0 Å². The summed E-state index contributed by atoms with van der Waals surface area (Å²) < 4.78 is 0. The molecule has 0 aliphatic rings. The number of benzene rings is 1. The van der Waals surface area contributed by atoms with Gasteiger partial charge in [-0.05, 0) is 24.3 Å². The first-order valence-corrected chi connectivity index (χ1v) is 5.41. The summed E-state index contributed by atoms with van der Waals surface area (Å²) in [5, 5.41) is 1.86. The second-order valence-corrected chi connectivity index (χ2v) is 3.99. The van der Waals surface area contributed by atoms with Gasteiger partial charge in [0.05, 0.1) is 16.2 Å². The summed E-state index contributed by atoms with van der Waals surface area (Å²) >= 11 is 6.23. The van der Waals surface area contributed by atoms with Gasteiger partial charge in [0.25, 0.3) is 0 Å². The first-order valence-electron chi connectivity index (χ1n) is 5.03. The predicted molar refractivity (Wildman–Crippen MR) is 66.5 cm³/mol. The largest absolute Gasteiger partial charge is 0.361 e. The van der Waals surface area contributed by atoms with Crippen molar-refractivity contribution in [2.75, 3.05) is 0 Å². The summed E-state index contributed by atoms with van der Waals surface area (Å²) in [5.74, 6) is 0. The molecule has 2 heterocycles. The molecule has 0 amide bonds. The van der Waals surface area contributed by atoms with Crippen molar-refractivity contribution in [3.63, 3.8) is 0 Å². The van der Waals surface area contributed by atoms with E-state index in [2.05, 4.69) is 9.97 Å². The van der Waals surface area contributed by atoms with E-state index < -0.39 is 0 Å². The fourth-order valence-corrected chi connectivity index (χ4v) is 2.12. The number of pyridine rings is 1. The summed E-state index contributed by atoms with van der Waals surface area (Å²) in [5.41, 5.74) is 2.89. The molecule has 2 aromatic heterocycles. The van der Waals surface area contributed by atoms with Crippen LogP contribution in [-0.2, 0) is 0 Å². The first kappa shape index (κ1) is 9.43. The number of hydrogen-bond acceptors (Lipinski definition) is 1. The molecule has 0 bridgehead atoms. The molecule has 0 atom stereocenters. The topological polar surface area (TPSA) is 28.7 Å². The molecule has 2 nitrogen and oxygen atoms in total. The van der Waals surface area contributed by atoms with E-state index >= 15 is 0 Å². The average Bonchev–Trinajstić information content (AvgIpc) is 2.78. The van der Waals surface area contributed by atoms with Gasteiger partial charge in [-0.2, -0.15) is 0 Å². The minimum absolute atomic E-state index is 0.716. The molecule has 0 saturated carbocycles. The highest BCUT2D eigenvalue weighted by Gasteiger charge is 2.09. The Bertz CT molecular complexity index is 629. The molecule has 0 unspecified atom stereocenters. The molecular formula is C13H9ClN2. The van der Waals surface area contributed by atoms with E-state index in [1.54, 1.807) is 6.20 Å². The molecule has 0 radical (unpaired) electrons. The van der Waals surface area contributed by atoms with Crippen molar-refractivity contribution in [3.05, 3.63) is 53.8 Å². The number of aromatic amines is 1. The fourth-order valence-electron chi connectivity index (χ4n) is 1.86. The highest BCUT2D eigenvalue weighted by Crippen LogP contribution is 2.32. The van der Waals surface area contributed by atoms with Crippen molar-refractivity contribution in [1.29, 1.82) is 0 Å². The molecule has 0 saturated heterocycles. The maximum absolute atomic E-state index is 6.23. The number of hydrogen-bond donors (Lipinski definition) is 1. The average molecular weight is 229 g/mol. The van der Waals surface area contributed by atoms with E-state index in [0.29, 0.717) is 5.02 Å². The van der Waals surface area contributed by atoms with Crippen LogP contribution in [0.3, 0.4) is 0 Å². The molecule has 78 valence electrons. The van der Waals surface area contributed by atoms with Crippen molar-refractivity contribution < 1.29 is 0 Å². The van der Waals surface area contributed by atoms with Crippen LogP contribution in [0.5, 0.6) is 0 Å². The van der Waals surface area contributed by atoms with Crippen LogP contribution in [0.15, 0.2) is 48.8 Å². The molecule has 16 heavy (non-hydrogen) atoms. The van der Waals surface area contributed by atoms with Crippen LogP contribution in [0.4, 0.5) is 0 Å². The van der Waals surface area contributed by atoms with E-state index in [-0.39, 0.29) is 0 Å². The van der Waals surface area contributed by atoms with Crippen LogP contribution in [0.2, 0.25) is 5.02 Å². The molecule has 0 aliphatic heterocycles. The third kappa shape index (κ3) is 1.39. The highest BCUT2D eigenvalue weighted by atomic mass is 35.5. The SMILES string of the molecule is Clc1ccc2cc[nH]c2c1-c1ccccn1. The van der Waals surface area contributed by atoms with Gasteiger partial charge >= 0.3 is 0 Å². The van der Waals surface area contributed by atoms with Gasteiger partial charge in [0.1, 0.15) is 0 Å². The van der Waals surface area contributed by atoms with Crippen molar-refractivity contribution in [3.8, 4) is 11.3 Å². The second kappa shape index (κ2) is 3.65. The lowest BCUT2D eigenvalue weighted by Crippen LogP contribution is -1.85. The second-order valence-electron chi connectivity index (χ2n) is 3.58. The molecule has 3 rings (SSSR count). The Morgan fingerprint density at radius 2 is 2.00 bits per heavy atom. The van der Waals surface area contributed by atoms with Gasteiger partial charge in [-0.3, -0.25) is 4.98 Å². The van der Waals surface area contributed by atoms with Crippen molar-refractivity contribution in [2.24, 2.45) is 0 Å². The third-order valence-corrected chi connectivity index (χ3v) is 2.91. The summed E-state index contributed by atoms with van der Waals surface area (Å²) in [4.78, 5) is 7.54. The van der Waals surface area contributed by atoms with Crippen LogP contribution in [0.1, 0.15) is 0 Å². The van der Waals surface area contributed by atoms with E-state index in [0.717, 1.165) is 22.2 Å². The van der Waals surface area contributed by atoms with Crippen LogP contribution < -0.4 is 0 Å². The van der Waals surface area contributed by atoms with Crippen LogP contribution in [-0.4, -0.2) is 9.97 Å². The Kier molecular flexibility index (Phi) is 2.15. The molecule has 0 aliphatic carbocycles. The summed E-state index contributed by atoms with van der Waals surface area (Å²) in [6.45, 7) is 0. The Labute approximate surface area is 97.9 Å². The third-order valence-electron chi connectivity index (χ3n) is 2.60. The van der Waals surface area contributed by atoms with Crippen LogP contribution in [0.25, 0.3) is 22.2 Å². The Morgan fingerprint density at radius 1 is 1.06 bits per heavy atom. The minimum Gasteiger partial charge on any atom is -0.361 e. The van der Waals surface area contributed by atoms with Crippen molar-refractivity contribution >= 4 is 22.5 Å². The van der Waals surface area contributed by atoms with Crippen molar-refractivity contribution in [1.82, 2.24) is 9.97 Å². The molecule has 1 N–H and O–H groups in total. The van der Waals surface area contributed by atoms with Crippen molar-refractivity contribution in [2.45, 2.75) is 0 Å². The minimum atomic E-state index is 0.716. The zero-order valence-electron chi connectivity index (χ0n) is 8.44. The molecule has 3 aromatic rings. The van der Waals surface area contributed by atoms with E-state index in [1.165, 1.54) is 0 Å². The highest BCUT2D eigenvalue weighted by molar-refractivity contribution is 6.34. The molecule has 3 heteroatoms. The molecule has 1 aromatic carbocycles. The number of H-pyrrole nitrogens is 1. The van der Waals surface area contributed by atoms with Crippen LogP contribution in [0, 0.1) is 0 Å². The standard InChI is InChI=1S/C13H9ClN2/c14-10-5-4-9-6-8-16-13(9)12(10)11-3-1-2-7-15-11/h1-8,16H. The smallest absolute Gasteiger partial charge is 0.0738 e. The quantitative estimate of drug-likeness (QED) is 0.673. The number of fused-ring (bicyclic) bond motifs is 1. The fraction of sp³-hybridized carbons (Fsp3) is 0. The maximum atomic E-state index is 6.23. The lowest BCUT2D eigenvalue weighted by atomic mass is 10.1. The van der Waals surface area contributed by atoms with Crippen LogP contribution >= 0.6 is 11.6 Å². The van der Waals surface area contributed by atoms with E-state index in [9.17, 15) is 0 Å². The lowest BCUT2D eigenvalue weighted by molar-refractivity contribution is 1.33. The van der Waals surface area contributed by atoms with Gasteiger partial charge in [0.2, 0.25) is 0 Å². The normalized spacial score (nSPS) is 10.8. The number of nitrogens with one attached hydrogen (secondary N) is 1. The number of halogens is 1. The molecule has 0 spiro atoms. The van der Waals surface area contributed by atoms with Gasteiger partial charge < -0.3 is 4.98 Å². The van der Waals surface area contributed by atoms with E-state index in [1.807, 2.05) is 42.6 Å². The summed E-state index contributed by atoms with van der Waals surface area (Å²) in [6.07, 6.45) is 3.68. The monoisotopic (exact) mass is 228 g/mol. The Hall–Kier alpha value is -1.80. The summed E-state index contributed by atoms with van der Waals surface area (Å²) in [6, 6.07) is 11.7. The zero-order valence-corrected chi connectivity index (χ0v) is 9.20. The lowest BCUT2D eigenvalue weighted by Gasteiger charge is -2.05. The number of nitrogens with zero attached hydrogens (tertiary/aromatic N) is 1. The van der Waals surface area contributed by atoms with Gasteiger partial charge in [-0.15, -0.1) is 0 Å².